The van der Waals surface area contributed by atoms with E-state index in [4.69, 9.17) is 0 Å². The van der Waals surface area contributed by atoms with Gasteiger partial charge in [0.25, 0.3) is 0 Å². The van der Waals surface area contributed by atoms with Gasteiger partial charge in [-0.25, -0.2) is 8.78 Å². The zero-order valence-electron chi connectivity index (χ0n) is 8.12. The SMILES string of the molecule is OC(c1ccc(F)cc1F)C1CCCS1. The third-order valence-electron chi connectivity index (χ3n) is 2.60. The average Bonchev–Trinajstić information content (AvgIpc) is 2.69. The monoisotopic (exact) mass is 230 g/mol. The number of halogens is 2. The molecule has 1 aromatic rings. The Balaban J connectivity index is 2.20. The first-order valence-corrected chi connectivity index (χ1v) is 5.98. The first-order chi connectivity index (χ1) is 7.18. The topological polar surface area (TPSA) is 20.2 Å². The van der Waals surface area contributed by atoms with Crippen molar-refractivity contribution in [3.63, 3.8) is 0 Å². The summed E-state index contributed by atoms with van der Waals surface area (Å²) in [5.74, 6) is -0.262. The summed E-state index contributed by atoms with van der Waals surface area (Å²) in [6.07, 6.45) is 1.12. The molecule has 0 saturated carbocycles. The number of benzene rings is 1. The van der Waals surface area contributed by atoms with Crippen molar-refractivity contribution in [1.82, 2.24) is 0 Å². The molecule has 0 aromatic heterocycles. The molecular formula is C11H12F2OS. The highest BCUT2D eigenvalue weighted by Gasteiger charge is 2.27. The summed E-state index contributed by atoms with van der Waals surface area (Å²) >= 11 is 1.65. The predicted octanol–water partition coefficient (Wildman–Crippen LogP) is 2.89. The van der Waals surface area contributed by atoms with Crippen LogP contribution in [0.4, 0.5) is 8.78 Å². The van der Waals surface area contributed by atoms with Crippen molar-refractivity contribution in [2.75, 3.05) is 5.75 Å². The van der Waals surface area contributed by atoms with Crippen molar-refractivity contribution in [3.05, 3.63) is 35.4 Å². The van der Waals surface area contributed by atoms with E-state index in [1.165, 1.54) is 12.1 Å². The maximum atomic E-state index is 13.3. The molecule has 4 heteroatoms. The highest BCUT2D eigenvalue weighted by Crippen LogP contribution is 2.36. The van der Waals surface area contributed by atoms with Crippen molar-refractivity contribution < 1.29 is 13.9 Å². The fourth-order valence-corrected chi connectivity index (χ4v) is 3.09. The second-order valence-corrected chi connectivity index (χ2v) is 5.01. The van der Waals surface area contributed by atoms with Crippen molar-refractivity contribution in [2.45, 2.75) is 24.2 Å². The van der Waals surface area contributed by atoms with Crippen LogP contribution in [0, 0.1) is 11.6 Å². The molecule has 1 aliphatic rings. The molecule has 2 atom stereocenters. The normalized spacial score (nSPS) is 23.0. The van der Waals surface area contributed by atoms with E-state index in [9.17, 15) is 13.9 Å². The van der Waals surface area contributed by atoms with E-state index in [1.807, 2.05) is 0 Å². The predicted molar refractivity (Wildman–Crippen MR) is 56.8 cm³/mol. The fourth-order valence-electron chi connectivity index (χ4n) is 1.79. The van der Waals surface area contributed by atoms with Crippen LogP contribution >= 0.6 is 11.8 Å². The van der Waals surface area contributed by atoms with E-state index in [2.05, 4.69) is 0 Å². The van der Waals surface area contributed by atoms with Crippen LogP contribution in [0.5, 0.6) is 0 Å². The van der Waals surface area contributed by atoms with Crippen molar-refractivity contribution in [1.29, 1.82) is 0 Å². The van der Waals surface area contributed by atoms with Crippen LogP contribution in [-0.2, 0) is 0 Å². The van der Waals surface area contributed by atoms with E-state index < -0.39 is 17.7 Å². The Morgan fingerprint density at radius 2 is 2.20 bits per heavy atom. The summed E-state index contributed by atoms with van der Waals surface area (Å²) in [6.45, 7) is 0. The molecule has 1 aromatic carbocycles. The number of aliphatic hydroxyl groups is 1. The highest BCUT2D eigenvalue weighted by atomic mass is 32.2. The van der Waals surface area contributed by atoms with Crippen molar-refractivity contribution in [3.8, 4) is 0 Å². The molecule has 0 bridgehead atoms. The molecule has 1 fully saturated rings. The molecule has 0 radical (unpaired) electrons. The molecule has 1 nitrogen and oxygen atoms in total. The highest BCUT2D eigenvalue weighted by molar-refractivity contribution is 8.00. The Morgan fingerprint density at radius 1 is 1.40 bits per heavy atom. The first kappa shape index (κ1) is 10.9. The van der Waals surface area contributed by atoms with Crippen LogP contribution in [0.1, 0.15) is 24.5 Å². The van der Waals surface area contributed by atoms with Gasteiger partial charge in [0.1, 0.15) is 11.6 Å². The van der Waals surface area contributed by atoms with E-state index in [0.717, 1.165) is 24.7 Å². The maximum absolute atomic E-state index is 13.3. The van der Waals surface area contributed by atoms with E-state index in [1.54, 1.807) is 11.8 Å². The minimum absolute atomic E-state index is 0.0463. The lowest BCUT2D eigenvalue weighted by Crippen LogP contribution is -2.13. The molecule has 15 heavy (non-hydrogen) atoms. The largest absolute Gasteiger partial charge is 0.387 e. The molecule has 2 rings (SSSR count). The summed E-state index contributed by atoms with van der Waals surface area (Å²) in [5, 5.41) is 9.95. The molecular weight excluding hydrogens is 218 g/mol. The summed E-state index contributed by atoms with van der Waals surface area (Å²) in [5.41, 5.74) is 0.204. The standard InChI is InChI=1S/C11H12F2OS/c12-7-3-4-8(9(13)6-7)11(14)10-2-1-5-15-10/h3-4,6,10-11,14H,1-2,5H2. The van der Waals surface area contributed by atoms with Gasteiger partial charge in [0.15, 0.2) is 0 Å². The van der Waals surface area contributed by atoms with Crippen molar-refractivity contribution >= 4 is 11.8 Å². The number of hydrogen-bond donors (Lipinski definition) is 1. The third kappa shape index (κ3) is 2.32. The van der Waals surface area contributed by atoms with Gasteiger partial charge in [-0.15, -0.1) is 0 Å². The quantitative estimate of drug-likeness (QED) is 0.843. The molecule has 82 valence electrons. The zero-order chi connectivity index (χ0) is 10.8. The Labute approximate surface area is 91.5 Å². The van der Waals surface area contributed by atoms with Crippen LogP contribution in [0.25, 0.3) is 0 Å². The number of rotatable bonds is 2. The molecule has 0 spiro atoms. The Hall–Kier alpha value is -0.610. The van der Waals surface area contributed by atoms with Gasteiger partial charge in [-0.05, 0) is 24.7 Å². The summed E-state index contributed by atoms with van der Waals surface area (Å²) < 4.78 is 26.0. The Bertz CT molecular complexity index is 350. The smallest absolute Gasteiger partial charge is 0.131 e. The Kier molecular flexibility index (Phi) is 3.26. The van der Waals surface area contributed by atoms with Gasteiger partial charge in [-0.2, -0.15) is 11.8 Å². The van der Waals surface area contributed by atoms with Gasteiger partial charge in [0, 0.05) is 16.9 Å². The molecule has 0 aliphatic carbocycles. The van der Waals surface area contributed by atoms with Crippen LogP contribution in [0.2, 0.25) is 0 Å². The second-order valence-electron chi connectivity index (χ2n) is 3.66. The molecule has 1 saturated heterocycles. The van der Waals surface area contributed by atoms with Gasteiger partial charge in [0.05, 0.1) is 6.10 Å². The zero-order valence-corrected chi connectivity index (χ0v) is 8.94. The number of thioether (sulfide) groups is 1. The lowest BCUT2D eigenvalue weighted by atomic mass is 10.0. The molecule has 0 amide bonds. The van der Waals surface area contributed by atoms with Gasteiger partial charge in [-0.3, -0.25) is 0 Å². The Morgan fingerprint density at radius 3 is 2.80 bits per heavy atom. The summed E-state index contributed by atoms with van der Waals surface area (Å²) in [7, 11) is 0. The maximum Gasteiger partial charge on any atom is 0.131 e. The van der Waals surface area contributed by atoms with Gasteiger partial charge in [0.2, 0.25) is 0 Å². The first-order valence-electron chi connectivity index (χ1n) is 4.93. The van der Waals surface area contributed by atoms with Gasteiger partial charge >= 0.3 is 0 Å². The molecule has 1 aliphatic heterocycles. The van der Waals surface area contributed by atoms with E-state index in [-0.39, 0.29) is 10.8 Å². The van der Waals surface area contributed by atoms with Crippen LogP contribution in [0.3, 0.4) is 0 Å². The van der Waals surface area contributed by atoms with E-state index >= 15 is 0 Å². The van der Waals surface area contributed by atoms with Crippen molar-refractivity contribution in [2.24, 2.45) is 0 Å². The lowest BCUT2D eigenvalue weighted by molar-refractivity contribution is 0.168. The van der Waals surface area contributed by atoms with Gasteiger partial charge < -0.3 is 5.11 Å². The average molecular weight is 230 g/mol. The minimum Gasteiger partial charge on any atom is -0.387 e. The van der Waals surface area contributed by atoms with Crippen LogP contribution < -0.4 is 0 Å². The molecule has 2 unspecified atom stereocenters. The number of hydrogen-bond acceptors (Lipinski definition) is 2. The van der Waals surface area contributed by atoms with Crippen LogP contribution in [0.15, 0.2) is 18.2 Å². The lowest BCUT2D eigenvalue weighted by Gasteiger charge is -2.17. The second kappa shape index (κ2) is 4.49. The summed E-state index contributed by atoms with van der Waals surface area (Å²) in [6, 6.07) is 3.33. The minimum atomic E-state index is -0.821. The number of aliphatic hydroxyl groups excluding tert-OH is 1. The molecule has 1 N–H and O–H groups in total. The summed E-state index contributed by atoms with van der Waals surface area (Å²) in [4.78, 5) is 0. The van der Waals surface area contributed by atoms with E-state index in [0.29, 0.717) is 0 Å². The molecule has 1 heterocycles. The third-order valence-corrected chi connectivity index (χ3v) is 4.04. The fraction of sp³-hybridized carbons (Fsp3) is 0.455. The van der Waals surface area contributed by atoms with Gasteiger partial charge in [-0.1, -0.05) is 6.07 Å². The van der Waals surface area contributed by atoms with Crippen LogP contribution in [-0.4, -0.2) is 16.1 Å².